The molecule has 0 unspecified atom stereocenters. The third kappa shape index (κ3) is 13.8. The Morgan fingerprint density at radius 1 is 0.933 bits per heavy atom. The van der Waals surface area contributed by atoms with Crippen LogP contribution < -0.4 is 16.0 Å². The normalized spacial score (nSPS) is 11.0. The molecular weight excluding hydrogens is 495 g/mol. The van der Waals surface area contributed by atoms with E-state index >= 15 is 0 Å². The summed E-state index contributed by atoms with van der Waals surface area (Å²) in [5.41, 5.74) is 1.66. The van der Waals surface area contributed by atoms with Crippen molar-refractivity contribution in [3.05, 3.63) is 35.4 Å². The number of carbonyl (C=O) groups excluding carboxylic acids is 1. The maximum atomic E-state index is 12.1. The molecule has 1 rings (SSSR count). The topological polar surface area (TPSA) is 84.0 Å². The van der Waals surface area contributed by atoms with Gasteiger partial charge in [0, 0.05) is 31.8 Å². The average Bonchev–Trinajstić information content (AvgIpc) is 2.74. The van der Waals surface area contributed by atoms with E-state index in [2.05, 4.69) is 27.9 Å². The Labute approximate surface area is 198 Å². The lowest BCUT2D eigenvalue weighted by Gasteiger charge is -2.12. The van der Waals surface area contributed by atoms with Crippen molar-refractivity contribution in [1.82, 2.24) is 16.0 Å². The number of ether oxygens (including phenoxy) is 2. The van der Waals surface area contributed by atoms with Crippen molar-refractivity contribution in [1.29, 1.82) is 0 Å². The maximum Gasteiger partial charge on any atom is 0.251 e. The number of hydrogen-bond acceptors (Lipinski definition) is 4. The summed E-state index contributed by atoms with van der Waals surface area (Å²) in [5.74, 6) is 0.690. The van der Waals surface area contributed by atoms with Gasteiger partial charge >= 0.3 is 0 Å². The summed E-state index contributed by atoms with van der Waals surface area (Å²) in [5, 5.41) is 9.38. The maximum absolute atomic E-state index is 12.1. The van der Waals surface area contributed by atoms with Gasteiger partial charge in [0.1, 0.15) is 0 Å². The first kappa shape index (κ1) is 28.6. The van der Waals surface area contributed by atoms with Gasteiger partial charge in [0.15, 0.2) is 5.96 Å². The van der Waals surface area contributed by atoms with Crippen molar-refractivity contribution in [2.24, 2.45) is 4.99 Å². The number of hydrogen-bond donors (Lipinski definition) is 3. The Kier molecular flexibility index (Phi) is 18.7. The molecule has 0 saturated carbocycles. The molecular formula is C22H39IN4O3. The van der Waals surface area contributed by atoms with Crippen LogP contribution in [0.4, 0.5) is 0 Å². The second-order valence-corrected chi connectivity index (χ2v) is 6.66. The van der Waals surface area contributed by atoms with E-state index in [4.69, 9.17) is 9.47 Å². The van der Waals surface area contributed by atoms with E-state index in [0.717, 1.165) is 43.9 Å². The molecule has 0 spiro atoms. The zero-order chi connectivity index (χ0) is 21.2. The summed E-state index contributed by atoms with van der Waals surface area (Å²) >= 11 is 0. The number of amides is 1. The molecule has 0 saturated heterocycles. The number of nitrogens with zero attached hydrogens (tertiary/aromatic N) is 1. The lowest BCUT2D eigenvalue weighted by molar-refractivity contribution is 0.0487. The van der Waals surface area contributed by atoms with E-state index in [0.29, 0.717) is 45.0 Å². The molecule has 30 heavy (non-hydrogen) atoms. The highest BCUT2D eigenvalue weighted by atomic mass is 127. The smallest absolute Gasteiger partial charge is 0.251 e. The summed E-state index contributed by atoms with van der Waals surface area (Å²) in [7, 11) is 0. The fraction of sp³-hybridized carbons (Fsp3) is 0.636. The first-order valence-corrected chi connectivity index (χ1v) is 10.8. The monoisotopic (exact) mass is 534 g/mol. The fourth-order valence-electron chi connectivity index (χ4n) is 2.47. The van der Waals surface area contributed by atoms with Crippen molar-refractivity contribution in [3.8, 4) is 0 Å². The molecule has 3 N–H and O–H groups in total. The van der Waals surface area contributed by atoms with Crippen molar-refractivity contribution in [2.75, 3.05) is 46.1 Å². The Hall–Kier alpha value is -1.39. The van der Waals surface area contributed by atoms with Crippen LogP contribution in [0, 0.1) is 0 Å². The molecule has 0 radical (unpaired) electrons. The molecule has 0 bridgehead atoms. The number of halogens is 1. The Balaban J connectivity index is 0.00000841. The van der Waals surface area contributed by atoms with Crippen molar-refractivity contribution in [2.45, 2.75) is 46.6 Å². The van der Waals surface area contributed by atoms with Crippen LogP contribution in [0.15, 0.2) is 29.3 Å². The van der Waals surface area contributed by atoms with E-state index in [1.54, 1.807) is 0 Å². The van der Waals surface area contributed by atoms with Crippen molar-refractivity contribution < 1.29 is 14.3 Å². The van der Waals surface area contributed by atoms with Crippen molar-refractivity contribution >= 4 is 35.8 Å². The van der Waals surface area contributed by atoms with E-state index in [9.17, 15) is 4.79 Å². The lowest BCUT2D eigenvalue weighted by Crippen LogP contribution is -2.39. The third-order valence-corrected chi connectivity index (χ3v) is 4.04. The minimum atomic E-state index is -0.0430. The summed E-state index contributed by atoms with van der Waals surface area (Å²) < 4.78 is 11.0. The van der Waals surface area contributed by atoms with Crippen LogP contribution in [0.3, 0.4) is 0 Å². The molecule has 7 nitrogen and oxygen atoms in total. The fourth-order valence-corrected chi connectivity index (χ4v) is 2.47. The van der Waals surface area contributed by atoms with Crippen LogP contribution >= 0.6 is 24.0 Å². The second-order valence-electron chi connectivity index (χ2n) is 6.66. The molecule has 1 amide bonds. The van der Waals surface area contributed by atoms with Crippen LogP contribution in [0.2, 0.25) is 0 Å². The number of aliphatic imine (C=N–C) groups is 1. The SMILES string of the molecule is CCCCOCCOCCNC(=NCc1cccc(C(=O)NCCC)c1)NCC.I. The van der Waals surface area contributed by atoms with Gasteiger partial charge < -0.3 is 25.4 Å². The molecule has 0 aliphatic carbocycles. The van der Waals surface area contributed by atoms with Gasteiger partial charge in [-0.25, -0.2) is 4.99 Å². The molecule has 0 heterocycles. The number of benzene rings is 1. The zero-order valence-corrected chi connectivity index (χ0v) is 21.0. The molecule has 8 heteroatoms. The number of carbonyl (C=O) groups is 1. The predicted octanol–water partition coefficient (Wildman–Crippen LogP) is 3.33. The van der Waals surface area contributed by atoms with Crippen LogP contribution in [0.5, 0.6) is 0 Å². The number of unbranched alkanes of at least 4 members (excludes halogenated alkanes) is 1. The number of rotatable bonds is 15. The van der Waals surface area contributed by atoms with Gasteiger partial charge in [0.25, 0.3) is 5.91 Å². The van der Waals surface area contributed by atoms with E-state index < -0.39 is 0 Å². The number of guanidine groups is 1. The third-order valence-electron chi connectivity index (χ3n) is 4.04. The van der Waals surface area contributed by atoms with Crippen LogP contribution in [0.25, 0.3) is 0 Å². The first-order chi connectivity index (χ1) is 14.2. The predicted molar refractivity (Wildman–Crippen MR) is 134 cm³/mol. The number of nitrogens with one attached hydrogen (secondary N) is 3. The first-order valence-electron chi connectivity index (χ1n) is 10.8. The van der Waals surface area contributed by atoms with Crippen molar-refractivity contribution in [3.63, 3.8) is 0 Å². The summed E-state index contributed by atoms with van der Waals surface area (Å²) in [6, 6.07) is 7.58. The molecule has 0 aromatic heterocycles. The summed E-state index contributed by atoms with van der Waals surface area (Å²) in [6.45, 7) is 11.5. The second kappa shape index (κ2) is 19.6. The zero-order valence-electron chi connectivity index (χ0n) is 18.7. The molecule has 0 aliphatic rings. The van der Waals surface area contributed by atoms with Gasteiger partial charge in [-0.1, -0.05) is 32.4 Å². The average molecular weight is 534 g/mol. The standard InChI is InChI=1S/C22H38N4O3.HI/c1-4-7-13-28-15-16-29-14-12-25-22(23-6-3)26-18-19-9-8-10-20(17-19)21(27)24-11-5-2;/h8-10,17H,4-7,11-16,18H2,1-3H3,(H,24,27)(H2,23,25,26);1H. The highest BCUT2D eigenvalue weighted by molar-refractivity contribution is 14.0. The van der Waals surface area contributed by atoms with Gasteiger partial charge in [-0.2, -0.15) is 0 Å². The Morgan fingerprint density at radius 2 is 1.70 bits per heavy atom. The molecule has 1 aromatic carbocycles. The van der Waals surface area contributed by atoms with Gasteiger partial charge in [-0.05, 0) is 37.5 Å². The van der Waals surface area contributed by atoms with Crippen LogP contribution in [0.1, 0.15) is 56.0 Å². The van der Waals surface area contributed by atoms with E-state index in [1.807, 2.05) is 38.1 Å². The quantitative estimate of drug-likeness (QED) is 0.139. The molecule has 0 aliphatic heterocycles. The molecule has 0 atom stereocenters. The molecule has 0 fully saturated rings. The Morgan fingerprint density at radius 3 is 2.40 bits per heavy atom. The van der Waals surface area contributed by atoms with E-state index in [-0.39, 0.29) is 29.9 Å². The molecule has 1 aromatic rings. The highest BCUT2D eigenvalue weighted by Crippen LogP contribution is 2.07. The van der Waals surface area contributed by atoms with Gasteiger partial charge in [-0.15, -0.1) is 24.0 Å². The summed E-state index contributed by atoms with van der Waals surface area (Å²) in [4.78, 5) is 16.7. The highest BCUT2D eigenvalue weighted by Gasteiger charge is 2.05. The van der Waals surface area contributed by atoms with Gasteiger partial charge in [0.2, 0.25) is 0 Å². The van der Waals surface area contributed by atoms with Crippen LogP contribution in [-0.2, 0) is 16.0 Å². The van der Waals surface area contributed by atoms with Gasteiger partial charge in [0.05, 0.1) is 26.4 Å². The Bertz CT molecular complexity index is 600. The largest absolute Gasteiger partial charge is 0.379 e. The van der Waals surface area contributed by atoms with E-state index in [1.165, 1.54) is 0 Å². The van der Waals surface area contributed by atoms with Crippen LogP contribution in [-0.4, -0.2) is 57.9 Å². The lowest BCUT2D eigenvalue weighted by atomic mass is 10.1. The molecule has 172 valence electrons. The van der Waals surface area contributed by atoms with Gasteiger partial charge in [-0.3, -0.25) is 4.79 Å². The summed E-state index contributed by atoms with van der Waals surface area (Å²) in [6.07, 6.45) is 3.16. The minimum Gasteiger partial charge on any atom is -0.379 e. The minimum absolute atomic E-state index is 0.